The molecule has 0 aliphatic carbocycles. The van der Waals surface area contributed by atoms with E-state index in [4.69, 9.17) is 19.8 Å². The Bertz CT molecular complexity index is 662. The fraction of sp³-hybridized carbons (Fsp3) is 0.375. The van der Waals surface area contributed by atoms with Gasteiger partial charge in [-0.1, -0.05) is 18.2 Å². The van der Waals surface area contributed by atoms with Crippen LogP contribution in [-0.4, -0.2) is 56.3 Å². The Balaban J connectivity index is 0.000000277. The molecule has 1 fully saturated rings. The number of hydrogen-bond donors (Lipinski definition) is 4. The van der Waals surface area contributed by atoms with E-state index in [0.29, 0.717) is 0 Å². The molecule has 0 bridgehead atoms. The first kappa shape index (κ1) is 17.0. The Morgan fingerprint density at radius 3 is 2.35 bits per heavy atom. The Labute approximate surface area is 133 Å². The number of benzene rings is 1. The van der Waals surface area contributed by atoms with E-state index >= 15 is 0 Å². The van der Waals surface area contributed by atoms with Crippen molar-refractivity contribution < 1.29 is 24.9 Å². The summed E-state index contributed by atoms with van der Waals surface area (Å²) in [4.78, 5) is 23.9. The van der Waals surface area contributed by atoms with Crippen molar-refractivity contribution in [3.63, 3.8) is 0 Å². The lowest BCUT2D eigenvalue weighted by Gasteiger charge is -2.29. The molecule has 0 spiro atoms. The second-order valence-corrected chi connectivity index (χ2v) is 5.48. The maximum Gasteiger partial charge on any atom is 0.414 e. The van der Waals surface area contributed by atoms with Gasteiger partial charge >= 0.3 is 11.9 Å². The predicted molar refractivity (Wildman–Crippen MR) is 84.1 cm³/mol. The molecule has 0 saturated carbocycles. The average Bonchev–Trinajstić information content (AvgIpc) is 2.93. The summed E-state index contributed by atoms with van der Waals surface area (Å²) >= 11 is 0. The smallest absolute Gasteiger partial charge is 0.414 e. The number of carboxylic acids is 2. The number of nitrogens with zero attached hydrogens (tertiary/aromatic N) is 1. The summed E-state index contributed by atoms with van der Waals surface area (Å²) in [5.41, 5.74) is 2.57. The molecule has 3 rings (SSSR count). The van der Waals surface area contributed by atoms with Crippen LogP contribution < -0.4 is 0 Å². The van der Waals surface area contributed by atoms with Crippen LogP contribution in [-0.2, 0) is 16.1 Å². The van der Waals surface area contributed by atoms with Crippen molar-refractivity contribution >= 4 is 22.8 Å². The van der Waals surface area contributed by atoms with E-state index in [1.165, 1.54) is 16.5 Å². The van der Waals surface area contributed by atoms with Gasteiger partial charge in [0.1, 0.15) is 0 Å². The van der Waals surface area contributed by atoms with Crippen molar-refractivity contribution in [1.82, 2.24) is 9.88 Å². The number of aliphatic carboxylic acids is 2. The molecule has 0 radical (unpaired) electrons. The number of likely N-dealkylation sites (tertiary alicyclic amines) is 1. The van der Waals surface area contributed by atoms with Gasteiger partial charge in [-0.2, -0.15) is 0 Å². The number of piperidine rings is 1. The lowest BCUT2D eigenvalue weighted by Crippen LogP contribution is -2.35. The SMILES string of the molecule is O=C(O)C(=O)O.OC1CCN(Cc2c[nH]c3ccccc23)CC1. The highest BCUT2D eigenvalue weighted by atomic mass is 16.4. The summed E-state index contributed by atoms with van der Waals surface area (Å²) in [7, 11) is 0. The second kappa shape index (κ2) is 7.75. The van der Waals surface area contributed by atoms with Gasteiger partial charge in [0.2, 0.25) is 0 Å². The van der Waals surface area contributed by atoms with E-state index in [2.05, 4.69) is 40.3 Å². The van der Waals surface area contributed by atoms with E-state index in [1.54, 1.807) is 0 Å². The van der Waals surface area contributed by atoms with Crippen LogP contribution in [0.5, 0.6) is 0 Å². The number of aromatic amines is 1. The number of nitrogens with one attached hydrogen (secondary N) is 1. The number of para-hydroxylation sites is 1. The van der Waals surface area contributed by atoms with Gasteiger partial charge in [0.25, 0.3) is 0 Å². The Hall–Kier alpha value is -2.38. The van der Waals surface area contributed by atoms with E-state index in [9.17, 15) is 5.11 Å². The number of H-pyrrole nitrogens is 1. The number of fused-ring (bicyclic) bond motifs is 1. The molecule has 1 aromatic heterocycles. The summed E-state index contributed by atoms with van der Waals surface area (Å²) in [6.45, 7) is 2.98. The highest BCUT2D eigenvalue weighted by Crippen LogP contribution is 2.21. The molecule has 0 atom stereocenters. The molecule has 0 amide bonds. The van der Waals surface area contributed by atoms with Crippen molar-refractivity contribution in [3.05, 3.63) is 36.0 Å². The zero-order chi connectivity index (χ0) is 16.8. The minimum atomic E-state index is -1.82. The summed E-state index contributed by atoms with van der Waals surface area (Å²) in [5, 5.41) is 25.6. The van der Waals surface area contributed by atoms with Gasteiger partial charge in [0.05, 0.1) is 6.10 Å². The Morgan fingerprint density at radius 2 is 1.74 bits per heavy atom. The lowest BCUT2D eigenvalue weighted by molar-refractivity contribution is -0.159. The standard InChI is InChI=1S/C14H18N2O.C2H2O4/c17-12-5-7-16(8-6-12)10-11-9-15-14-4-2-1-3-13(11)14;3-1(4)2(5)6/h1-4,9,12,15,17H,5-8,10H2;(H,3,4)(H,5,6). The number of rotatable bonds is 2. The van der Waals surface area contributed by atoms with E-state index in [-0.39, 0.29) is 6.10 Å². The zero-order valence-electron chi connectivity index (χ0n) is 12.6. The van der Waals surface area contributed by atoms with Gasteiger partial charge < -0.3 is 20.3 Å². The summed E-state index contributed by atoms with van der Waals surface area (Å²) < 4.78 is 0. The molecule has 4 N–H and O–H groups in total. The third kappa shape index (κ3) is 4.80. The maximum absolute atomic E-state index is 9.49. The van der Waals surface area contributed by atoms with Crippen LogP contribution in [0.25, 0.3) is 10.9 Å². The van der Waals surface area contributed by atoms with Crippen molar-refractivity contribution in [3.8, 4) is 0 Å². The number of carbonyl (C=O) groups is 2. The second-order valence-electron chi connectivity index (χ2n) is 5.48. The number of aliphatic hydroxyl groups is 1. The quantitative estimate of drug-likeness (QED) is 0.620. The summed E-state index contributed by atoms with van der Waals surface area (Å²) in [6, 6.07) is 8.41. The molecular formula is C16H20N2O5. The topological polar surface area (TPSA) is 114 Å². The lowest BCUT2D eigenvalue weighted by atomic mass is 10.1. The van der Waals surface area contributed by atoms with Gasteiger partial charge in [-0.3, -0.25) is 4.90 Å². The third-order valence-electron chi connectivity index (χ3n) is 3.81. The van der Waals surface area contributed by atoms with Crippen LogP contribution in [0.1, 0.15) is 18.4 Å². The molecule has 7 nitrogen and oxygen atoms in total. The van der Waals surface area contributed by atoms with Crippen LogP contribution in [0.4, 0.5) is 0 Å². The first-order chi connectivity index (χ1) is 11.0. The van der Waals surface area contributed by atoms with Crippen molar-refractivity contribution in [2.24, 2.45) is 0 Å². The van der Waals surface area contributed by atoms with Crippen molar-refractivity contribution in [2.75, 3.05) is 13.1 Å². The molecule has 1 aliphatic heterocycles. The number of aliphatic hydroxyl groups excluding tert-OH is 1. The molecule has 1 saturated heterocycles. The van der Waals surface area contributed by atoms with Crippen LogP contribution in [0.3, 0.4) is 0 Å². The summed E-state index contributed by atoms with van der Waals surface area (Å²) in [6.07, 6.45) is 3.83. The molecule has 23 heavy (non-hydrogen) atoms. The maximum atomic E-state index is 9.49. The summed E-state index contributed by atoms with van der Waals surface area (Å²) in [5.74, 6) is -3.65. The predicted octanol–water partition coefficient (Wildman–Crippen LogP) is 1.28. The molecule has 2 aromatic rings. The number of hydrogen-bond acceptors (Lipinski definition) is 4. The molecular weight excluding hydrogens is 300 g/mol. The first-order valence-corrected chi connectivity index (χ1v) is 7.39. The van der Waals surface area contributed by atoms with Crippen molar-refractivity contribution in [2.45, 2.75) is 25.5 Å². The van der Waals surface area contributed by atoms with Crippen LogP contribution in [0.2, 0.25) is 0 Å². The zero-order valence-corrected chi connectivity index (χ0v) is 12.6. The van der Waals surface area contributed by atoms with Gasteiger partial charge in [0, 0.05) is 36.7 Å². The molecule has 1 aliphatic rings. The fourth-order valence-electron chi connectivity index (χ4n) is 2.58. The normalized spacial score (nSPS) is 15.9. The number of aromatic nitrogens is 1. The van der Waals surface area contributed by atoms with Gasteiger partial charge in [0.15, 0.2) is 0 Å². The molecule has 1 aromatic carbocycles. The molecule has 124 valence electrons. The Kier molecular flexibility index (Phi) is 5.72. The first-order valence-electron chi connectivity index (χ1n) is 7.39. The van der Waals surface area contributed by atoms with Crippen LogP contribution in [0, 0.1) is 0 Å². The molecule has 7 heteroatoms. The fourth-order valence-corrected chi connectivity index (χ4v) is 2.58. The largest absolute Gasteiger partial charge is 0.473 e. The molecule has 0 unspecified atom stereocenters. The monoisotopic (exact) mass is 320 g/mol. The highest BCUT2D eigenvalue weighted by Gasteiger charge is 2.17. The van der Waals surface area contributed by atoms with Crippen LogP contribution >= 0.6 is 0 Å². The van der Waals surface area contributed by atoms with Crippen molar-refractivity contribution in [1.29, 1.82) is 0 Å². The van der Waals surface area contributed by atoms with E-state index < -0.39 is 11.9 Å². The highest BCUT2D eigenvalue weighted by molar-refractivity contribution is 6.27. The minimum Gasteiger partial charge on any atom is -0.473 e. The minimum absolute atomic E-state index is 0.0887. The van der Waals surface area contributed by atoms with Crippen LogP contribution in [0.15, 0.2) is 30.5 Å². The Morgan fingerprint density at radius 1 is 1.13 bits per heavy atom. The molecule has 2 heterocycles. The van der Waals surface area contributed by atoms with E-state index in [0.717, 1.165) is 32.5 Å². The number of carboxylic acid groups (broad SMARTS) is 2. The third-order valence-corrected chi connectivity index (χ3v) is 3.81. The van der Waals surface area contributed by atoms with Gasteiger partial charge in [-0.25, -0.2) is 9.59 Å². The van der Waals surface area contributed by atoms with Gasteiger partial charge in [-0.05, 0) is 24.5 Å². The van der Waals surface area contributed by atoms with E-state index in [1.807, 2.05) is 0 Å². The van der Waals surface area contributed by atoms with Gasteiger partial charge in [-0.15, -0.1) is 0 Å². The average molecular weight is 320 g/mol.